The van der Waals surface area contributed by atoms with Gasteiger partial charge in [-0.3, -0.25) is 0 Å². The van der Waals surface area contributed by atoms with Crippen LogP contribution in [0.2, 0.25) is 0 Å². The van der Waals surface area contributed by atoms with Crippen LogP contribution in [-0.4, -0.2) is 13.1 Å². The van der Waals surface area contributed by atoms with Crippen molar-refractivity contribution in [2.75, 3.05) is 13.1 Å². The summed E-state index contributed by atoms with van der Waals surface area (Å²) in [6.45, 7) is 2.29. The number of hydrogen-bond acceptors (Lipinski definition) is 1. The molecular formula is C10H11BrIN. The fourth-order valence-electron chi connectivity index (χ4n) is 1.75. The van der Waals surface area contributed by atoms with Gasteiger partial charge in [-0.15, -0.1) is 0 Å². The molecule has 1 aromatic rings. The van der Waals surface area contributed by atoms with E-state index in [1.165, 1.54) is 20.0 Å². The minimum absolute atomic E-state index is 0.712. The topological polar surface area (TPSA) is 12.0 Å². The van der Waals surface area contributed by atoms with Gasteiger partial charge < -0.3 is 5.32 Å². The Labute approximate surface area is 101 Å². The summed E-state index contributed by atoms with van der Waals surface area (Å²) >= 11 is 5.94. The SMILES string of the molecule is Brc1ccc(I)c([C@H]2CCNC2)c1. The highest BCUT2D eigenvalue weighted by Gasteiger charge is 2.18. The number of nitrogens with one attached hydrogen (secondary N) is 1. The number of hydrogen-bond donors (Lipinski definition) is 1. The average Bonchev–Trinajstić information content (AvgIpc) is 2.61. The minimum atomic E-state index is 0.712. The van der Waals surface area contributed by atoms with Gasteiger partial charge in [0.15, 0.2) is 0 Å². The molecule has 0 saturated carbocycles. The van der Waals surface area contributed by atoms with Crippen LogP contribution in [0.1, 0.15) is 17.9 Å². The smallest absolute Gasteiger partial charge is 0.0178 e. The quantitative estimate of drug-likeness (QED) is 0.766. The molecule has 0 unspecified atom stereocenters. The van der Waals surface area contributed by atoms with Crippen molar-refractivity contribution >= 4 is 38.5 Å². The summed E-state index contributed by atoms with van der Waals surface area (Å²) in [5, 5.41) is 3.40. The molecule has 1 atom stereocenters. The summed E-state index contributed by atoms with van der Waals surface area (Å²) in [6, 6.07) is 6.53. The molecule has 1 nitrogen and oxygen atoms in total. The van der Waals surface area contributed by atoms with Crippen LogP contribution in [-0.2, 0) is 0 Å². The molecule has 0 bridgehead atoms. The molecule has 0 amide bonds. The maximum atomic E-state index is 3.52. The van der Waals surface area contributed by atoms with Gasteiger partial charge in [0.05, 0.1) is 0 Å². The molecule has 0 aliphatic carbocycles. The first-order valence-electron chi connectivity index (χ1n) is 4.43. The molecule has 1 aromatic carbocycles. The van der Waals surface area contributed by atoms with Crippen LogP contribution in [0, 0.1) is 3.57 Å². The van der Waals surface area contributed by atoms with E-state index in [1.54, 1.807) is 0 Å². The molecule has 2 rings (SSSR count). The summed E-state index contributed by atoms with van der Waals surface area (Å²) < 4.78 is 2.57. The molecular weight excluding hydrogens is 341 g/mol. The second-order valence-electron chi connectivity index (χ2n) is 3.36. The van der Waals surface area contributed by atoms with Crippen LogP contribution in [0.25, 0.3) is 0 Å². The summed E-state index contributed by atoms with van der Waals surface area (Å²) in [7, 11) is 0. The Morgan fingerprint density at radius 1 is 1.46 bits per heavy atom. The molecule has 3 heteroatoms. The van der Waals surface area contributed by atoms with E-state index in [1.807, 2.05) is 0 Å². The lowest BCUT2D eigenvalue weighted by Crippen LogP contribution is -2.08. The van der Waals surface area contributed by atoms with Crippen molar-refractivity contribution in [2.45, 2.75) is 12.3 Å². The van der Waals surface area contributed by atoms with Gasteiger partial charge >= 0.3 is 0 Å². The third kappa shape index (κ3) is 2.25. The van der Waals surface area contributed by atoms with Crippen LogP contribution in [0.3, 0.4) is 0 Å². The standard InChI is InChI=1S/C10H11BrIN/c11-8-1-2-10(12)9(5-8)7-3-4-13-6-7/h1-2,5,7,13H,3-4,6H2/t7-/m0/s1. The van der Waals surface area contributed by atoms with Gasteiger partial charge in [-0.25, -0.2) is 0 Å². The Hall–Kier alpha value is 0.390. The van der Waals surface area contributed by atoms with Crippen LogP contribution in [0.4, 0.5) is 0 Å². The van der Waals surface area contributed by atoms with Crippen LogP contribution in [0.5, 0.6) is 0 Å². The molecule has 13 heavy (non-hydrogen) atoms. The average molecular weight is 352 g/mol. The van der Waals surface area contributed by atoms with Gasteiger partial charge in [-0.2, -0.15) is 0 Å². The zero-order chi connectivity index (χ0) is 9.26. The highest BCUT2D eigenvalue weighted by Crippen LogP contribution is 2.29. The predicted molar refractivity (Wildman–Crippen MR) is 67.1 cm³/mol. The van der Waals surface area contributed by atoms with Gasteiger partial charge in [0, 0.05) is 14.6 Å². The Kier molecular flexibility index (Phi) is 3.26. The summed E-state index contributed by atoms with van der Waals surface area (Å²) in [5.74, 6) is 0.712. The monoisotopic (exact) mass is 351 g/mol. The van der Waals surface area contributed by atoms with Gasteiger partial charge in [0.25, 0.3) is 0 Å². The van der Waals surface area contributed by atoms with E-state index in [2.05, 4.69) is 62.0 Å². The van der Waals surface area contributed by atoms with E-state index in [0.29, 0.717) is 5.92 Å². The van der Waals surface area contributed by atoms with Crippen molar-refractivity contribution in [3.63, 3.8) is 0 Å². The molecule has 0 radical (unpaired) electrons. The van der Waals surface area contributed by atoms with E-state index in [9.17, 15) is 0 Å². The van der Waals surface area contributed by atoms with Gasteiger partial charge in [-0.05, 0) is 65.2 Å². The van der Waals surface area contributed by atoms with E-state index in [4.69, 9.17) is 0 Å². The first-order chi connectivity index (χ1) is 6.27. The number of halogens is 2. The predicted octanol–water partition coefficient (Wildman–Crippen LogP) is 3.13. The molecule has 70 valence electrons. The van der Waals surface area contributed by atoms with Crippen molar-refractivity contribution in [1.29, 1.82) is 0 Å². The zero-order valence-electron chi connectivity index (χ0n) is 7.19. The first kappa shape index (κ1) is 9.93. The summed E-state index contributed by atoms with van der Waals surface area (Å²) in [6.07, 6.45) is 1.27. The summed E-state index contributed by atoms with van der Waals surface area (Å²) in [5.41, 5.74) is 1.49. The van der Waals surface area contributed by atoms with Crippen molar-refractivity contribution in [3.8, 4) is 0 Å². The highest BCUT2D eigenvalue weighted by atomic mass is 127. The maximum absolute atomic E-state index is 3.52. The van der Waals surface area contributed by atoms with E-state index < -0.39 is 0 Å². The van der Waals surface area contributed by atoms with Gasteiger partial charge in [-0.1, -0.05) is 15.9 Å². The fourth-order valence-corrected chi connectivity index (χ4v) is 2.90. The van der Waals surface area contributed by atoms with Gasteiger partial charge in [0.1, 0.15) is 0 Å². The minimum Gasteiger partial charge on any atom is -0.316 e. The Bertz CT molecular complexity index is 308. The van der Waals surface area contributed by atoms with Crippen molar-refractivity contribution < 1.29 is 0 Å². The molecule has 1 saturated heterocycles. The molecule has 0 spiro atoms. The molecule has 1 aliphatic heterocycles. The van der Waals surface area contributed by atoms with E-state index in [-0.39, 0.29) is 0 Å². The maximum Gasteiger partial charge on any atom is 0.0178 e. The Morgan fingerprint density at radius 3 is 3.00 bits per heavy atom. The third-order valence-electron chi connectivity index (χ3n) is 2.46. The Balaban J connectivity index is 2.32. The van der Waals surface area contributed by atoms with Crippen molar-refractivity contribution in [2.24, 2.45) is 0 Å². The lowest BCUT2D eigenvalue weighted by atomic mass is 9.99. The van der Waals surface area contributed by atoms with Crippen molar-refractivity contribution in [3.05, 3.63) is 31.8 Å². The molecule has 1 heterocycles. The van der Waals surface area contributed by atoms with Gasteiger partial charge in [0.2, 0.25) is 0 Å². The molecule has 0 aromatic heterocycles. The van der Waals surface area contributed by atoms with Crippen LogP contribution in [0.15, 0.2) is 22.7 Å². The van der Waals surface area contributed by atoms with Crippen molar-refractivity contribution in [1.82, 2.24) is 5.32 Å². The van der Waals surface area contributed by atoms with E-state index in [0.717, 1.165) is 13.1 Å². The van der Waals surface area contributed by atoms with E-state index >= 15 is 0 Å². The zero-order valence-corrected chi connectivity index (χ0v) is 10.9. The molecule has 1 N–H and O–H groups in total. The lowest BCUT2D eigenvalue weighted by molar-refractivity contribution is 0.758. The fraction of sp³-hybridized carbons (Fsp3) is 0.400. The second-order valence-corrected chi connectivity index (χ2v) is 5.43. The lowest BCUT2D eigenvalue weighted by Gasteiger charge is -2.11. The summed E-state index contributed by atoms with van der Waals surface area (Å²) in [4.78, 5) is 0. The third-order valence-corrected chi connectivity index (χ3v) is 3.93. The first-order valence-corrected chi connectivity index (χ1v) is 6.30. The molecule has 1 fully saturated rings. The molecule has 1 aliphatic rings. The second kappa shape index (κ2) is 4.28. The van der Waals surface area contributed by atoms with Crippen LogP contribution >= 0.6 is 38.5 Å². The normalized spacial score (nSPS) is 22.2. The number of benzene rings is 1. The highest BCUT2D eigenvalue weighted by molar-refractivity contribution is 14.1. The Morgan fingerprint density at radius 2 is 2.31 bits per heavy atom. The van der Waals surface area contributed by atoms with Crippen LogP contribution < -0.4 is 5.32 Å². The largest absolute Gasteiger partial charge is 0.316 e. The number of rotatable bonds is 1.